The molecule has 2 aromatic carbocycles. The van der Waals surface area contributed by atoms with Gasteiger partial charge in [-0.05, 0) is 50.3 Å². The van der Waals surface area contributed by atoms with Crippen molar-refractivity contribution in [2.24, 2.45) is 0 Å². The Morgan fingerprint density at radius 2 is 1.95 bits per heavy atom. The Hall–Kier alpha value is -2.86. The number of fused-ring (bicyclic) bond motifs is 5. The number of hydrogen-bond acceptors (Lipinski definition) is 3. The molecule has 0 saturated heterocycles. The van der Waals surface area contributed by atoms with Gasteiger partial charge in [-0.2, -0.15) is 0 Å². The number of hydrogen-bond donors (Lipinski definition) is 0. The second-order valence-corrected chi connectivity index (χ2v) is 4.88. The molecule has 0 N–H and O–H groups in total. The fourth-order valence-corrected chi connectivity index (χ4v) is 2.73. The third-order valence-corrected chi connectivity index (χ3v) is 3.62. The fraction of sp³-hybridized carbons (Fsp3) is 0.111. The summed E-state index contributed by atoms with van der Waals surface area (Å²) in [5.41, 5.74) is 2.88. The monoisotopic (exact) mass is 275 g/mol. The SMILES string of the molecule is C/C=C1/Oc2ccccc2N2C1=C(C)Oc1c#cccc12. The van der Waals surface area contributed by atoms with Crippen LogP contribution in [-0.4, -0.2) is 0 Å². The molecule has 21 heavy (non-hydrogen) atoms. The van der Waals surface area contributed by atoms with Crippen LogP contribution in [0.25, 0.3) is 0 Å². The van der Waals surface area contributed by atoms with Gasteiger partial charge in [0.1, 0.15) is 11.5 Å². The minimum atomic E-state index is 0.686. The Balaban J connectivity index is 2.04. The van der Waals surface area contributed by atoms with Gasteiger partial charge in [0.2, 0.25) is 5.75 Å². The minimum Gasteiger partial charge on any atom is -0.453 e. The summed E-state index contributed by atoms with van der Waals surface area (Å²) in [6.07, 6.45) is 1.95. The smallest absolute Gasteiger partial charge is 0.201 e. The van der Waals surface area contributed by atoms with Crippen LogP contribution in [0.15, 0.2) is 59.7 Å². The van der Waals surface area contributed by atoms with Crippen molar-refractivity contribution in [3.05, 3.63) is 71.8 Å². The second kappa shape index (κ2) is 4.32. The van der Waals surface area contributed by atoms with Crippen LogP contribution in [0.1, 0.15) is 13.8 Å². The van der Waals surface area contributed by atoms with Crippen molar-refractivity contribution in [1.82, 2.24) is 0 Å². The summed E-state index contributed by atoms with van der Waals surface area (Å²) in [7, 11) is 0. The van der Waals surface area contributed by atoms with E-state index in [2.05, 4.69) is 17.0 Å². The van der Waals surface area contributed by atoms with Gasteiger partial charge in [0.15, 0.2) is 11.5 Å². The van der Waals surface area contributed by atoms with Gasteiger partial charge in [0, 0.05) is 0 Å². The first kappa shape index (κ1) is 11.9. The minimum absolute atomic E-state index is 0.686. The van der Waals surface area contributed by atoms with Gasteiger partial charge in [0.05, 0.1) is 11.4 Å². The third-order valence-electron chi connectivity index (χ3n) is 3.62. The molecule has 2 heterocycles. The maximum Gasteiger partial charge on any atom is 0.201 e. The van der Waals surface area contributed by atoms with Crippen molar-refractivity contribution in [3.8, 4) is 11.5 Å². The van der Waals surface area contributed by atoms with E-state index in [-0.39, 0.29) is 0 Å². The normalized spacial score (nSPS) is 17.2. The molecule has 3 heteroatoms. The molecule has 0 amide bonds. The van der Waals surface area contributed by atoms with Crippen molar-refractivity contribution in [2.45, 2.75) is 13.8 Å². The lowest BCUT2D eigenvalue weighted by Gasteiger charge is -2.38. The lowest BCUT2D eigenvalue weighted by atomic mass is 10.1. The summed E-state index contributed by atoms with van der Waals surface area (Å²) in [4.78, 5) is 2.16. The first-order valence-corrected chi connectivity index (χ1v) is 6.84. The zero-order valence-electron chi connectivity index (χ0n) is 11.8. The maximum atomic E-state index is 6.00. The summed E-state index contributed by atoms with van der Waals surface area (Å²) in [6, 6.07) is 17.8. The Kier molecular flexibility index (Phi) is 2.45. The number of rotatable bonds is 0. The zero-order chi connectivity index (χ0) is 14.4. The Bertz CT molecular complexity index is 789. The van der Waals surface area contributed by atoms with Gasteiger partial charge in [-0.15, -0.1) is 0 Å². The summed E-state index contributed by atoms with van der Waals surface area (Å²) >= 11 is 0. The van der Waals surface area contributed by atoms with Crippen LogP contribution < -0.4 is 14.4 Å². The van der Waals surface area contributed by atoms with Crippen LogP contribution in [0.3, 0.4) is 0 Å². The van der Waals surface area contributed by atoms with Gasteiger partial charge in [-0.3, -0.25) is 4.90 Å². The van der Waals surface area contributed by atoms with E-state index in [4.69, 9.17) is 9.47 Å². The number of ether oxygens (including phenoxy) is 2. The molecule has 2 aliphatic rings. The Labute approximate surface area is 123 Å². The number of allylic oxidation sites excluding steroid dienone is 2. The van der Waals surface area contributed by atoms with Crippen LogP contribution >= 0.6 is 0 Å². The van der Waals surface area contributed by atoms with Crippen molar-refractivity contribution < 1.29 is 9.47 Å². The summed E-state index contributed by atoms with van der Waals surface area (Å²) in [5, 5.41) is 0. The highest BCUT2D eigenvalue weighted by molar-refractivity contribution is 5.82. The van der Waals surface area contributed by atoms with Crippen molar-refractivity contribution in [3.63, 3.8) is 0 Å². The van der Waals surface area contributed by atoms with E-state index >= 15 is 0 Å². The lowest BCUT2D eigenvalue weighted by Crippen LogP contribution is -2.30. The maximum absolute atomic E-state index is 6.00. The van der Waals surface area contributed by atoms with Crippen molar-refractivity contribution in [2.75, 3.05) is 4.90 Å². The van der Waals surface area contributed by atoms with Crippen LogP contribution in [-0.2, 0) is 0 Å². The quantitative estimate of drug-likeness (QED) is 0.713. The molecule has 2 aliphatic heterocycles. The molecule has 0 saturated carbocycles. The third kappa shape index (κ3) is 1.63. The summed E-state index contributed by atoms with van der Waals surface area (Å²) in [5.74, 6) is 3.11. The van der Waals surface area contributed by atoms with Crippen LogP contribution in [0.4, 0.5) is 11.4 Å². The van der Waals surface area contributed by atoms with Gasteiger partial charge in [-0.25, -0.2) is 0 Å². The standard InChI is InChI=1S/C18H13NO2/c1-3-15-18-12(2)20-16-10-6-4-8-13(16)19(18)14-9-5-7-11-17(14)21-15/h3-5,7-9,11H,1-2H3/b15-3+. The van der Waals surface area contributed by atoms with E-state index in [1.807, 2.05) is 56.3 Å². The Morgan fingerprint density at radius 3 is 2.81 bits per heavy atom. The van der Waals surface area contributed by atoms with E-state index in [1.54, 1.807) is 0 Å². The molecule has 0 radical (unpaired) electrons. The molecule has 0 unspecified atom stereocenters. The highest BCUT2D eigenvalue weighted by atomic mass is 16.5. The molecule has 0 aromatic heterocycles. The molecule has 102 valence electrons. The van der Waals surface area contributed by atoms with Crippen molar-refractivity contribution in [1.29, 1.82) is 0 Å². The fourth-order valence-electron chi connectivity index (χ4n) is 2.73. The van der Waals surface area contributed by atoms with E-state index in [9.17, 15) is 0 Å². The van der Waals surface area contributed by atoms with Gasteiger partial charge >= 0.3 is 0 Å². The van der Waals surface area contributed by atoms with E-state index in [1.165, 1.54) is 0 Å². The number of nitrogens with zero attached hydrogens (tertiary/aromatic N) is 1. The molecule has 2 aromatic rings. The first-order valence-electron chi connectivity index (χ1n) is 6.84. The summed E-state index contributed by atoms with van der Waals surface area (Å²) in [6.45, 7) is 3.90. The predicted molar refractivity (Wildman–Crippen MR) is 80.4 cm³/mol. The molecule has 0 atom stereocenters. The van der Waals surface area contributed by atoms with Crippen molar-refractivity contribution >= 4 is 11.4 Å². The highest BCUT2D eigenvalue weighted by Gasteiger charge is 2.34. The number of anilines is 2. The largest absolute Gasteiger partial charge is 0.453 e. The van der Waals surface area contributed by atoms with Gasteiger partial charge in [0.25, 0.3) is 0 Å². The topological polar surface area (TPSA) is 21.7 Å². The van der Waals surface area contributed by atoms with E-state index in [0.717, 1.165) is 34.3 Å². The van der Waals surface area contributed by atoms with Gasteiger partial charge in [-0.1, -0.05) is 18.2 Å². The van der Waals surface area contributed by atoms with E-state index in [0.29, 0.717) is 5.75 Å². The average Bonchev–Trinajstić information content (AvgIpc) is 2.53. The summed E-state index contributed by atoms with van der Waals surface area (Å²) < 4.78 is 11.9. The molecule has 0 aliphatic carbocycles. The highest BCUT2D eigenvalue weighted by Crippen LogP contribution is 2.49. The molecular formula is C18H13NO2. The molecular weight excluding hydrogens is 262 g/mol. The molecule has 0 bridgehead atoms. The van der Waals surface area contributed by atoms with E-state index < -0.39 is 0 Å². The average molecular weight is 275 g/mol. The molecule has 0 fully saturated rings. The van der Waals surface area contributed by atoms with Crippen LogP contribution in [0, 0.1) is 12.1 Å². The Morgan fingerprint density at radius 1 is 1.10 bits per heavy atom. The second-order valence-electron chi connectivity index (χ2n) is 4.88. The predicted octanol–water partition coefficient (Wildman–Crippen LogP) is 4.35. The lowest BCUT2D eigenvalue weighted by molar-refractivity contribution is 0.375. The van der Waals surface area contributed by atoms with Crippen LogP contribution in [0.2, 0.25) is 0 Å². The zero-order valence-corrected chi connectivity index (χ0v) is 11.8. The molecule has 3 nitrogen and oxygen atoms in total. The number of benzene rings is 1. The molecule has 4 rings (SSSR count). The molecule has 0 spiro atoms. The van der Waals surface area contributed by atoms with Crippen LogP contribution in [0.5, 0.6) is 11.5 Å². The van der Waals surface area contributed by atoms with Gasteiger partial charge < -0.3 is 9.47 Å². The number of para-hydroxylation sites is 2. The first-order chi connectivity index (χ1) is 10.3.